The number of aromatic nitrogens is 2. The summed E-state index contributed by atoms with van der Waals surface area (Å²) < 4.78 is 15.4. The Hall–Kier alpha value is -1.68. The summed E-state index contributed by atoms with van der Waals surface area (Å²) in [4.78, 5) is 0. The largest absolute Gasteiger partial charge is 0.310 e. The van der Waals surface area contributed by atoms with E-state index >= 15 is 0 Å². The monoisotopic (exact) mass is 287 g/mol. The van der Waals surface area contributed by atoms with E-state index in [4.69, 9.17) is 0 Å². The van der Waals surface area contributed by atoms with Crippen molar-refractivity contribution in [2.24, 2.45) is 5.41 Å². The molecule has 1 atom stereocenters. The normalized spacial score (nSPS) is 20.3. The van der Waals surface area contributed by atoms with Gasteiger partial charge in [0.2, 0.25) is 0 Å². The lowest BCUT2D eigenvalue weighted by Crippen LogP contribution is -2.33. The van der Waals surface area contributed by atoms with Crippen LogP contribution in [0.3, 0.4) is 0 Å². The molecule has 3 nitrogen and oxygen atoms in total. The van der Waals surface area contributed by atoms with Crippen molar-refractivity contribution in [3.8, 4) is 5.69 Å². The van der Waals surface area contributed by atoms with Crippen LogP contribution in [0, 0.1) is 11.2 Å². The summed E-state index contributed by atoms with van der Waals surface area (Å²) in [7, 11) is 0. The Labute approximate surface area is 125 Å². The van der Waals surface area contributed by atoms with Crippen molar-refractivity contribution in [2.45, 2.75) is 39.7 Å². The number of fused-ring (bicyclic) bond motifs is 1. The Balaban J connectivity index is 2.07. The molecule has 1 heterocycles. The van der Waals surface area contributed by atoms with Crippen molar-refractivity contribution in [2.75, 3.05) is 6.54 Å². The second-order valence-corrected chi connectivity index (χ2v) is 6.59. The molecule has 1 aliphatic carbocycles. The van der Waals surface area contributed by atoms with E-state index in [1.165, 1.54) is 23.4 Å². The number of rotatable bonds is 3. The van der Waals surface area contributed by atoms with Crippen molar-refractivity contribution in [1.82, 2.24) is 15.1 Å². The predicted molar refractivity (Wildman–Crippen MR) is 82.0 cm³/mol. The second kappa shape index (κ2) is 5.26. The zero-order valence-electron chi connectivity index (χ0n) is 12.9. The maximum atomic E-state index is 13.5. The van der Waals surface area contributed by atoms with Gasteiger partial charge in [-0.1, -0.05) is 26.8 Å². The average Bonchev–Trinajstić information content (AvgIpc) is 2.81. The lowest BCUT2D eigenvalue weighted by molar-refractivity contribution is 0.255. The predicted octanol–water partition coefficient (Wildman–Crippen LogP) is 3.63. The first kappa shape index (κ1) is 14.3. The molecule has 0 radical (unpaired) electrons. The van der Waals surface area contributed by atoms with Crippen LogP contribution in [-0.4, -0.2) is 16.3 Å². The molecule has 0 amide bonds. The summed E-state index contributed by atoms with van der Waals surface area (Å²) in [5.41, 5.74) is 3.46. The molecule has 1 aromatic carbocycles. The van der Waals surface area contributed by atoms with Crippen molar-refractivity contribution >= 4 is 0 Å². The molecule has 1 aliphatic rings. The highest BCUT2D eigenvalue weighted by atomic mass is 19.1. The van der Waals surface area contributed by atoms with Gasteiger partial charge in [-0.2, -0.15) is 5.10 Å². The van der Waals surface area contributed by atoms with E-state index in [9.17, 15) is 4.39 Å². The fourth-order valence-corrected chi connectivity index (χ4v) is 3.30. The first-order valence-electron chi connectivity index (χ1n) is 7.56. The maximum absolute atomic E-state index is 13.5. The summed E-state index contributed by atoms with van der Waals surface area (Å²) in [6.45, 7) is 7.62. The van der Waals surface area contributed by atoms with E-state index in [0.29, 0.717) is 6.04 Å². The van der Waals surface area contributed by atoms with E-state index in [1.54, 1.807) is 6.07 Å². The van der Waals surface area contributed by atoms with Gasteiger partial charge in [0.05, 0.1) is 11.9 Å². The quantitative estimate of drug-likeness (QED) is 0.934. The summed E-state index contributed by atoms with van der Waals surface area (Å²) in [6.07, 6.45) is 3.99. The molecule has 4 heteroatoms. The van der Waals surface area contributed by atoms with Crippen LogP contribution in [0.2, 0.25) is 0 Å². The first-order valence-corrected chi connectivity index (χ1v) is 7.56. The molecule has 1 N–H and O–H groups in total. The van der Waals surface area contributed by atoms with Crippen molar-refractivity contribution in [3.63, 3.8) is 0 Å². The summed E-state index contributed by atoms with van der Waals surface area (Å²) in [5.74, 6) is -0.227. The zero-order chi connectivity index (χ0) is 15.0. The van der Waals surface area contributed by atoms with E-state index < -0.39 is 0 Å². The van der Waals surface area contributed by atoms with Crippen LogP contribution in [0.15, 0.2) is 30.5 Å². The Kier molecular flexibility index (Phi) is 3.57. The van der Waals surface area contributed by atoms with Crippen LogP contribution in [0.25, 0.3) is 5.69 Å². The zero-order valence-corrected chi connectivity index (χ0v) is 12.9. The molecular weight excluding hydrogens is 265 g/mol. The molecule has 0 bridgehead atoms. The lowest BCUT2D eigenvalue weighted by atomic mass is 9.74. The minimum Gasteiger partial charge on any atom is -0.310 e. The van der Waals surface area contributed by atoms with Crippen molar-refractivity contribution in [3.05, 3.63) is 47.5 Å². The summed E-state index contributed by atoms with van der Waals surface area (Å²) in [6, 6.07) is 6.97. The highest BCUT2D eigenvalue weighted by Crippen LogP contribution is 2.41. The number of nitrogens with one attached hydrogen (secondary N) is 1. The van der Waals surface area contributed by atoms with Gasteiger partial charge in [0.25, 0.3) is 0 Å². The first-order chi connectivity index (χ1) is 10.00. The standard InChI is InChI=1S/C17H22FN3/c1-4-19-15-9-17(2,3)10-16-14(15)11-20-21(16)13-7-5-6-12(18)8-13/h5-8,11,15,19H,4,9-10H2,1-3H3. The van der Waals surface area contributed by atoms with Crippen LogP contribution in [-0.2, 0) is 6.42 Å². The molecule has 112 valence electrons. The molecule has 0 fully saturated rings. The molecule has 3 rings (SSSR count). The molecule has 0 spiro atoms. The molecular formula is C17H22FN3. The minimum absolute atomic E-state index is 0.213. The Bertz CT molecular complexity index is 645. The van der Waals surface area contributed by atoms with Crippen LogP contribution in [0.4, 0.5) is 4.39 Å². The number of nitrogens with zero attached hydrogens (tertiary/aromatic N) is 2. The Morgan fingerprint density at radius 2 is 2.24 bits per heavy atom. The molecule has 0 saturated carbocycles. The van der Waals surface area contributed by atoms with Gasteiger partial charge < -0.3 is 5.32 Å². The van der Waals surface area contributed by atoms with Crippen LogP contribution in [0.1, 0.15) is 44.5 Å². The minimum atomic E-state index is -0.227. The fraction of sp³-hybridized carbons (Fsp3) is 0.471. The van der Waals surface area contributed by atoms with Gasteiger partial charge in [0.15, 0.2) is 0 Å². The van der Waals surface area contributed by atoms with Crippen LogP contribution < -0.4 is 5.32 Å². The van der Waals surface area contributed by atoms with Crippen LogP contribution >= 0.6 is 0 Å². The fourth-order valence-electron chi connectivity index (χ4n) is 3.30. The van der Waals surface area contributed by atoms with Gasteiger partial charge in [0, 0.05) is 17.3 Å². The number of benzene rings is 1. The van der Waals surface area contributed by atoms with Gasteiger partial charge in [-0.25, -0.2) is 9.07 Å². The van der Waals surface area contributed by atoms with E-state index in [2.05, 4.69) is 31.2 Å². The van der Waals surface area contributed by atoms with E-state index in [0.717, 1.165) is 25.1 Å². The third-order valence-corrected chi connectivity index (χ3v) is 4.18. The van der Waals surface area contributed by atoms with Crippen LogP contribution in [0.5, 0.6) is 0 Å². The van der Waals surface area contributed by atoms with Gasteiger partial charge >= 0.3 is 0 Å². The lowest BCUT2D eigenvalue weighted by Gasteiger charge is -2.36. The third kappa shape index (κ3) is 2.72. The SMILES string of the molecule is CCNC1CC(C)(C)Cc2c1cnn2-c1cccc(F)c1. The number of hydrogen-bond donors (Lipinski definition) is 1. The molecule has 1 aromatic heterocycles. The van der Waals surface area contributed by atoms with E-state index in [1.807, 2.05) is 16.9 Å². The number of hydrogen-bond acceptors (Lipinski definition) is 2. The number of halogens is 1. The average molecular weight is 287 g/mol. The second-order valence-electron chi connectivity index (χ2n) is 6.59. The van der Waals surface area contributed by atoms with Gasteiger partial charge in [-0.3, -0.25) is 0 Å². The molecule has 21 heavy (non-hydrogen) atoms. The molecule has 0 saturated heterocycles. The van der Waals surface area contributed by atoms with Crippen molar-refractivity contribution < 1.29 is 4.39 Å². The van der Waals surface area contributed by atoms with Crippen molar-refractivity contribution in [1.29, 1.82) is 0 Å². The Morgan fingerprint density at radius 1 is 1.43 bits per heavy atom. The summed E-state index contributed by atoms with van der Waals surface area (Å²) >= 11 is 0. The summed E-state index contributed by atoms with van der Waals surface area (Å²) in [5, 5.41) is 8.06. The molecule has 1 unspecified atom stereocenters. The van der Waals surface area contributed by atoms with Gasteiger partial charge in [-0.15, -0.1) is 0 Å². The van der Waals surface area contributed by atoms with Gasteiger partial charge in [0.1, 0.15) is 5.82 Å². The molecule has 0 aliphatic heterocycles. The third-order valence-electron chi connectivity index (χ3n) is 4.18. The topological polar surface area (TPSA) is 29.9 Å². The maximum Gasteiger partial charge on any atom is 0.125 e. The Morgan fingerprint density at radius 3 is 2.95 bits per heavy atom. The van der Waals surface area contributed by atoms with E-state index in [-0.39, 0.29) is 11.2 Å². The highest BCUT2D eigenvalue weighted by Gasteiger charge is 2.34. The van der Waals surface area contributed by atoms with Gasteiger partial charge in [-0.05, 0) is 43.0 Å². The highest BCUT2D eigenvalue weighted by molar-refractivity contribution is 5.38. The smallest absolute Gasteiger partial charge is 0.125 e. The molecule has 2 aromatic rings.